The van der Waals surface area contributed by atoms with E-state index in [0.29, 0.717) is 0 Å². The van der Waals surface area contributed by atoms with Crippen molar-refractivity contribution < 1.29 is 81.4 Å². The first-order valence-electron chi connectivity index (χ1n) is 3.20. The zero-order chi connectivity index (χ0) is 11.0. The van der Waals surface area contributed by atoms with Crippen molar-refractivity contribution in [2.75, 3.05) is 0 Å². The first kappa shape index (κ1) is 24.3. The van der Waals surface area contributed by atoms with Gasteiger partial charge in [0.25, 0.3) is 5.97 Å². The Morgan fingerprint density at radius 1 is 0.933 bits per heavy atom. The number of carboxylic acids is 1. The van der Waals surface area contributed by atoms with Crippen molar-refractivity contribution in [1.29, 1.82) is 0 Å². The summed E-state index contributed by atoms with van der Waals surface area (Å²) in [4.78, 5) is 39.2. The fourth-order valence-corrected chi connectivity index (χ4v) is 0.202. The average molecular weight is 373 g/mol. The van der Waals surface area contributed by atoms with E-state index < -0.39 is 23.7 Å². The van der Waals surface area contributed by atoms with E-state index in [0.717, 1.165) is 20.8 Å². The number of ketones is 1. The van der Waals surface area contributed by atoms with Gasteiger partial charge in [-0.15, -0.1) is 0 Å². The summed E-state index contributed by atoms with van der Waals surface area (Å²) in [6, 6.07) is 0. The van der Waals surface area contributed by atoms with Gasteiger partial charge in [0, 0.05) is 73.2 Å². The molecule has 15 heavy (non-hydrogen) atoms. The van der Waals surface area contributed by atoms with Crippen molar-refractivity contribution in [3.63, 3.8) is 0 Å². The van der Waals surface area contributed by atoms with Crippen molar-refractivity contribution in [1.82, 2.24) is 0 Å². The van der Waals surface area contributed by atoms with Crippen molar-refractivity contribution in [3.8, 4) is 0 Å². The molecule has 0 saturated carbocycles. The SMILES string of the molecule is CC(=O)O.CC(=O)OC(=O)C(C)=O.[Zr].[Zr]. The molecule has 0 radical (unpaired) electrons. The molecule has 0 aliphatic rings. The van der Waals surface area contributed by atoms with Gasteiger partial charge in [0.2, 0.25) is 5.78 Å². The van der Waals surface area contributed by atoms with Crippen LogP contribution in [0.15, 0.2) is 0 Å². The van der Waals surface area contributed by atoms with Gasteiger partial charge in [0.15, 0.2) is 0 Å². The molecule has 0 unspecified atom stereocenters. The first-order chi connectivity index (χ1) is 5.77. The second kappa shape index (κ2) is 14.0. The molecule has 0 aliphatic carbocycles. The van der Waals surface area contributed by atoms with Crippen LogP contribution in [0, 0.1) is 0 Å². The predicted molar refractivity (Wildman–Crippen MR) is 40.8 cm³/mol. The van der Waals surface area contributed by atoms with E-state index in [2.05, 4.69) is 4.74 Å². The molecule has 0 fully saturated rings. The molecule has 82 valence electrons. The summed E-state index contributed by atoms with van der Waals surface area (Å²) < 4.78 is 3.88. The minimum atomic E-state index is -1.11. The normalized spacial score (nSPS) is 6.60. The van der Waals surface area contributed by atoms with E-state index in [1.165, 1.54) is 0 Å². The average Bonchev–Trinajstić information content (AvgIpc) is 1.83. The maximum absolute atomic E-state index is 10.2. The molecule has 6 nitrogen and oxygen atoms in total. The molecule has 0 bridgehead atoms. The van der Waals surface area contributed by atoms with Crippen LogP contribution >= 0.6 is 0 Å². The van der Waals surface area contributed by atoms with Crippen LogP contribution in [0.25, 0.3) is 0 Å². The van der Waals surface area contributed by atoms with Crippen LogP contribution < -0.4 is 0 Å². The summed E-state index contributed by atoms with van der Waals surface area (Å²) in [6.45, 7) is 3.17. The van der Waals surface area contributed by atoms with Crippen LogP contribution in [-0.4, -0.2) is 28.8 Å². The molecular formula is C7H10O6Zr2. The third-order valence-electron chi connectivity index (χ3n) is 0.524. The van der Waals surface area contributed by atoms with Gasteiger partial charge in [0.05, 0.1) is 0 Å². The van der Waals surface area contributed by atoms with E-state index in [9.17, 15) is 14.4 Å². The molecule has 0 heterocycles. The van der Waals surface area contributed by atoms with Crippen LogP contribution in [0.3, 0.4) is 0 Å². The first-order valence-corrected chi connectivity index (χ1v) is 3.20. The molecule has 0 rings (SSSR count). The van der Waals surface area contributed by atoms with Gasteiger partial charge >= 0.3 is 11.9 Å². The maximum Gasteiger partial charge on any atom is 0.381 e. The summed E-state index contributed by atoms with van der Waals surface area (Å²) in [7, 11) is 0. The van der Waals surface area contributed by atoms with E-state index in [-0.39, 0.29) is 52.4 Å². The summed E-state index contributed by atoms with van der Waals surface area (Å²) in [5.41, 5.74) is 0. The number of aliphatic carboxylic acids is 1. The van der Waals surface area contributed by atoms with Gasteiger partial charge in [0.1, 0.15) is 0 Å². The van der Waals surface area contributed by atoms with Crippen molar-refractivity contribution in [2.24, 2.45) is 0 Å². The Bertz CT molecular complexity index is 234. The van der Waals surface area contributed by atoms with E-state index in [4.69, 9.17) is 9.90 Å². The summed E-state index contributed by atoms with van der Waals surface area (Å²) in [5.74, 6) is -3.48. The molecule has 0 atom stereocenters. The number of hydrogen-bond donors (Lipinski definition) is 1. The Hall–Kier alpha value is 0.0462. The number of carbonyl (C=O) groups is 4. The second-order valence-electron chi connectivity index (χ2n) is 1.96. The molecule has 0 aromatic heterocycles. The molecule has 0 aromatic carbocycles. The van der Waals surface area contributed by atoms with Gasteiger partial charge in [-0.05, 0) is 0 Å². The molecule has 1 N–H and O–H groups in total. The van der Waals surface area contributed by atoms with Gasteiger partial charge < -0.3 is 9.84 Å². The number of Topliss-reactive ketones (excluding diaryl/α,β-unsaturated/α-hetero) is 1. The number of carboxylic acid groups (broad SMARTS) is 1. The molecule has 0 spiro atoms. The number of ether oxygens (including phenoxy) is 1. The standard InChI is InChI=1S/C5H6O4.C2H4O2.2Zr/c1-3(6)5(8)9-4(2)7;1-2(3)4;;/h1-2H3;1H3,(H,3,4);;. The minimum Gasteiger partial charge on any atom is -0.481 e. The summed E-state index contributed by atoms with van der Waals surface area (Å²) in [6.07, 6.45) is 0. The Labute approximate surface area is 125 Å². The number of hydrogen-bond acceptors (Lipinski definition) is 5. The van der Waals surface area contributed by atoms with E-state index in [1.54, 1.807) is 0 Å². The molecular weight excluding hydrogens is 363 g/mol. The number of carbonyl (C=O) groups excluding carboxylic acids is 3. The van der Waals surface area contributed by atoms with Crippen molar-refractivity contribution in [2.45, 2.75) is 20.8 Å². The Morgan fingerprint density at radius 2 is 1.20 bits per heavy atom. The van der Waals surface area contributed by atoms with E-state index in [1.807, 2.05) is 0 Å². The van der Waals surface area contributed by atoms with Gasteiger partial charge in [-0.1, -0.05) is 0 Å². The molecule has 0 aliphatic heterocycles. The van der Waals surface area contributed by atoms with Gasteiger partial charge in [-0.3, -0.25) is 14.4 Å². The number of esters is 2. The van der Waals surface area contributed by atoms with Gasteiger partial charge in [-0.25, -0.2) is 4.79 Å². The Kier molecular flexibility index (Phi) is 22.8. The van der Waals surface area contributed by atoms with Gasteiger partial charge in [-0.2, -0.15) is 0 Å². The summed E-state index contributed by atoms with van der Waals surface area (Å²) in [5, 5.41) is 7.42. The van der Waals surface area contributed by atoms with Crippen molar-refractivity contribution >= 4 is 23.7 Å². The smallest absolute Gasteiger partial charge is 0.381 e. The quantitative estimate of drug-likeness (QED) is 0.387. The largest absolute Gasteiger partial charge is 0.481 e. The third-order valence-corrected chi connectivity index (χ3v) is 0.524. The Morgan fingerprint density at radius 3 is 1.27 bits per heavy atom. The maximum atomic E-state index is 10.2. The van der Waals surface area contributed by atoms with Crippen LogP contribution in [-0.2, 0) is 76.3 Å². The summed E-state index contributed by atoms with van der Waals surface area (Å²) >= 11 is 0. The Balaban J connectivity index is -0.0000000883. The zero-order valence-electron chi connectivity index (χ0n) is 8.49. The third kappa shape index (κ3) is 31.5. The molecule has 0 aromatic rings. The molecule has 0 saturated heterocycles. The number of rotatable bonds is 1. The van der Waals surface area contributed by atoms with Crippen LogP contribution in [0.1, 0.15) is 20.8 Å². The predicted octanol–water partition coefficient (Wildman–Crippen LogP) is -0.249. The van der Waals surface area contributed by atoms with Crippen molar-refractivity contribution in [3.05, 3.63) is 0 Å². The van der Waals surface area contributed by atoms with Crippen LogP contribution in [0.2, 0.25) is 0 Å². The minimum absolute atomic E-state index is 0. The fourth-order valence-electron chi connectivity index (χ4n) is 0.202. The zero-order valence-corrected chi connectivity index (χ0v) is 13.4. The van der Waals surface area contributed by atoms with Crippen LogP contribution in [0.5, 0.6) is 0 Å². The molecule has 0 amide bonds. The molecule has 8 heteroatoms. The second-order valence-corrected chi connectivity index (χ2v) is 1.96. The fraction of sp³-hybridized carbons (Fsp3) is 0.429. The topological polar surface area (TPSA) is 97.7 Å². The van der Waals surface area contributed by atoms with E-state index >= 15 is 0 Å². The van der Waals surface area contributed by atoms with Crippen LogP contribution in [0.4, 0.5) is 0 Å². The monoisotopic (exact) mass is 370 g/mol.